The summed E-state index contributed by atoms with van der Waals surface area (Å²) in [6.07, 6.45) is 1.05. The molecule has 1 aliphatic rings. The van der Waals surface area contributed by atoms with Crippen LogP contribution in [0.1, 0.15) is 51.3 Å². The summed E-state index contributed by atoms with van der Waals surface area (Å²) < 4.78 is 1.56. The summed E-state index contributed by atoms with van der Waals surface area (Å²) in [5, 5.41) is 0. The van der Waals surface area contributed by atoms with Crippen LogP contribution in [0, 0.1) is 6.07 Å². The average Bonchev–Trinajstić information content (AvgIpc) is 3.22. The van der Waals surface area contributed by atoms with Crippen LogP contribution >= 0.6 is 0 Å². The van der Waals surface area contributed by atoms with Crippen LogP contribution in [-0.4, -0.2) is 3.26 Å². The first-order chi connectivity index (χ1) is 12.3. The molecule has 4 rings (SSSR count). The number of fused-ring (bicyclic) bond motifs is 3. The Morgan fingerprint density at radius 1 is 0.964 bits per heavy atom. The number of hydrogen-bond acceptors (Lipinski definition) is 0. The summed E-state index contributed by atoms with van der Waals surface area (Å²) >= 11 is 1.27. The predicted octanol–water partition coefficient (Wildman–Crippen LogP) is 0.514. The van der Waals surface area contributed by atoms with Gasteiger partial charge in [0, 0.05) is 0 Å². The van der Waals surface area contributed by atoms with Gasteiger partial charge in [0.25, 0.3) is 0 Å². The second kappa shape index (κ2) is 12.6. The third-order valence-electron chi connectivity index (χ3n) is 4.15. The number of rotatable bonds is 0. The Kier molecular flexibility index (Phi) is 12.2. The molecule has 3 aromatic rings. The summed E-state index contributed by atoms with van der Waals surface area (Å²) in [4.78, 5) is 0. The minimum atomic E-state index is 0. The predicted molar refractivity (Wildman–Crippen MR) is 111 cm³/mol. The van der Waals surface area contributed by atoms with E-state index in [-0.39, 0.29) is 24.8 Å². The van der Waals surface area contributed by atoms with E-state index in [1.54, 1.807) is 3.26 Å². The molecule has 0 aliphatic heterocycles. The van der Waals surface area contributed by atoms with E-state index in [0.717, 1.165) is 6.42 Å². The molecule has 0 bridgehead atoms. The van der Waals surface area contributed by atoms with Crippen LogP contribution in [0.15, 0.2) is 66.7 Å². The molecule has 0 radical (unpaired) electrons. The Balaban J connectivity index is 0.000000432. The summed E-state index contributed by atoms with van der Waals surface area (Å²) in [7, 11) is 0. The van der Waals surface area contributed by atoms with Crippen molar-refractivity contribution in [3.8, 4) is 11.1 Å². The van der Waals surface area contributed by atoms with Crippen LogP contribution in [-0.2, 0) is 35.7 Å². The van der Waals surface area contributed by atoms with Crippen molar-refractivity contribution >= 4 is 3.26 Å². The molecule has 0 amide bonds. The van der Waals surface area contributed by atoms with E-state index >= 15 is 0 Å². The van der Waals surface area contributed by atoms with Crippen LogP contribution in [0.2, 0.25) is 0 Å². The normalized spacial score (nSPS) is 10.5. The third-order valence-corrected chi connectivity index (χ3v) is 4.15. The van der Waals surface area contributed by atoms with Crippen molar-refractivity contribution in [3.63, 3.8) is 0 Å². The fourth-order valence-electron chi connectivity index (χ4n) is 2.87. The largest absolute Gasteiger partial charge is 1.00 e. The van der Waals surface area contributed by atoms with E-state index in [0.29, 0.717) is 5.41 Å². The van der Waals surface area contributed by atoms with Gasteiger partial charge < -0.3 is 24.8 Å². The molecule has 3 aromatic carbocycles. The van der Waals surface area contributed by atoms with Crippen LogP contribution in [0.4, 0.5) is 0 Å². The molecular formula is C25H28Cl2Hf-2. The Hall–Kier alpha value is -0.890. The van der Waals surface area contributed by atoms with Crippen LogP contribution in [0.5, 0.6) is 0 Å². The van der Waals surface area contributed by atoms with Crippen molar-refractivity contribution in [1.82, 2.24) is 0 Å². The van der Waals surface area contributed by atoms with Crippen LogP contribution in [0.3, 0.4) is 0 Å². The first-order valence-electron chi connectivity index (χ1n) is 9.11. The van der Waals surface area contributed by atoms with Crippen LogP contribution in [0.25, 0.3) is 11.1 Å². The van der Waals surface area contributed by atoms with Crippen molar-refractivity contribution < 1.29 is 48.7 Å². The average molecular weight is 578 g/mol. The first-order valence-corrected chi connectivity index (χ1v) is 10.9. The van der Waals surface area contributed by atoms with E-state index < -0.39 is 0 Å². The van der Waals surface area contributed by atoms with Crippen LogP contribution < -0.4 is 24.8 Å². The van der Waals surface area contributed by atoms with Crippen molar-refractivity contribution in [3.05, 3.63) is 89.5 Å². The van der Waals surface area contributed by atoms with Crippen molar-refractivity contribution in [2.45, 2.75) is 46.5 Å². The maximum atomic E-state index is 3.30. The van der Waals surface area contributed by atoms with Gasteiger partial charge in [0.15, 0.2) is 0 Å². The van der Waals surface area contributed by atoms with Gasteiger partial charge in [-0.2, -0.15) is 53.6 Å². The first kappa shape index (κ1) is 27.1. The molecule has 148 valence electrons. The second-order valence-corrected chi connectivity index (χ2v) is 11.4. The van der Waals surface area contributed by atoms with Gasteiger partial charge in [-0.3, -0.25) is 0 Å². The molecule has 1 aliphatic carbocycles. The van der Waals surface area contributed by atoms with Gasteiger partial charge in [-0.25, -0.2) is 6.07 Å². The Morgan fingerprint density at radius 2 is 1.57 bits per heavy atom. The summed E-state index contributed by atoms with van der Waals surface area (Å²) in [5.74, 6) is 0. The van der Waals surface area contributed by atoms with Gasteiger partial charge in [-0.05, 0) is 6.42 Å². The van der Waals surface area contributed by atoms with Gasteiger partial charge >= 0.3 is 41.0 Å². The number of halogens is 2. The third kappa shape index (κ3) is 8.23. The smallest absolute Gasteiger partial charge is 0.0253 e. The maximum Gasteiger partial charge on any atom is -0.0253 e. The van der Waals surface area contributed by atoms with E-state index in [1.165, 1.54) is 51.7 Å². The fraction of sp³-hybridized carbons (Fsp3) is 0.280. The van der Waals surface area contributed by atoms with E-state index in [2.05, 4.69) is 101 Å². The second-order valence-electron chi connectivity index (χ2n) is 7.82. The minimum Gasteiger partial charge on any atom is -1.00 e. The zero-order valence-corrected chi connectivity index (χ0v) is 22.4. The van der Waals surface area contributed by atoms with Gasteiger partial charge in [-0.1, -0.05) is 61.6 Å². The zero-order valence-electron chi connectivity index (χ0n) is 17.3. The zero-order chi connectivity index (χ0) is 19.2. The maximum absolute atomic E-state index is 3.30. The Morgan fingerprint density at radius 3 is 2.11 bits per heavy atom. The summed E-state index contributed by atoms with van der Waals surface area (Å²) in [6, 6.07) is 26.6. The monoisotopic (exact) mass is 578 g/mol. The Labute approximate surface area is 198 Å². The molecule has 0 fully saturated rings. The molecule has 0 heterocycles. The van der Waals surface area contributed by atoms with E-state index in [9.17, 15) is 0 Å². The van der Waals surface area contributed by atoms with Crippen molar-refractivity contribution in [1.29, 1.82) is 0 Å². The van der Waals surface area contributed by atoms with E-state index in [1.807, 2.05) is 6.07 Å². The van der Waals surface area contributed by atoms with Crippen molar-refractivity contribution in [2.24, 2.45) is 0 Å². The quantitative estimate of drug-likeness (QED) is 0.211. The molecule has 0 saturated carbocycles. The van der Waals surface area contributed by atoms with Gasteiger partial charge in [0.1, 0.15) is 0 Å². The van der Waals surface area contributed by atoms with Crippen molar-refractivity contribution in [2.75, 3.05) is 0 Å². The van der Waals surface area contributed by atoms with Gasteiger partial charge in [0.2, 0.25) is 0 Å². The van der Waals surface area contributed by atoms with Gasteiger partial charge in [-0.15, -0.1) is 5.56 Å². The fourth-order valence-corrected chi connectivity index (χ4v) is 2.87. The SMILES string of the molecule is CC(C)(C)c1cc[cH-]c1.C[C](C)=[Hf+2].[Cl-].[Cl-].[c-]1cccc2c1Cc1ccccc1-2. The number of hydrogen-bond donors (Lipinski definition) is 0. The molecule has 0 atom stereocenters. The topological polar surface area (TPSA) is 0 Å². The van der Waals surface area contributed by atoms with Gasteiger partial charge in [0.05, 0.1) is 0 Å². The molecule has 0 aromatic heterocycles. The molecular weight excluding hydrogens is 550 g/mol. The molecule has 0 N–H and O–H groups in total. The molecule has 0 unspecified atom stereocenters. The molecule has 28 heavy (non-hydrogen) atoms. The standard InChI is InChI=1S/C13H9.C9H13.C3H6.2ClH.Hf/c1-3-7-12-10(5-1)9-11-6-2-4-8-13(11)12;1-9(2,3)8-6-4-5-7-8;1-3-2;;;/h1-5,7-8H,9H2;4-7H,1-3H3;1-2H3;2*1H;/q2*-1;;;;+2/p-2. The molecule has 0 spiro atoms. The molecule has 0 nitrogen and oxygen atoms in total. The minimum absolute atomic E-state index is 0. The Bertz CT molecular complexity index is 795. The summed E-state index contributed by atoms with van der Waals surface area (Å²) in [5.41, 5.74) is 7.25. The summed E-state index contributed by atoms with van der Waals surface area (Å²) in [6.45, 7) is 11.0. The number of benzene rings is 2. The molecule has 0 saturated heterocycles. The molecule has 3 heteroatoms. The van der Waals surface area contributed by atoms with E-state index in [4.69, 9.17) is 0 Å².